The largest absolute Gasteiger partial charge is 0.106 e. The van der Waals surface area contributed by atoms with Crippen molar-refractivity contribution in [2.75, 3.05) is 0 Å². The second-order valence-electron chi connectivity index (χ2n) is 3.11. The maximum Gasteiger partial charge on any atom is 0.0741 e. The van der Waals surface area contributed by atoms with E-state index >= 15 is 0 Å². The molecule has 0 heterocycles. The van der Waals surface area contributed by atoms with Crippen molar-refractivity contribution in [2.24, 2.45) is 0 Å². The quantitative estimate of drug-likeness (QED) is 0.521. The minimum absolute atomic E-state index is 0.980. The highest BCUT2D eigenvalue weighted by Gasteiger charge is 2.10. The molecule has 1 radical (unpaired) electrons. The minimum Gasteiger partial charge on any atom is -0.106 e. The van der Waals surface area contributed by atoms with Gasteiger partial charge in [0.2, 0.25) is 0 Å². The molecular weight excluding hydrogens is 156 g/mol. The molecule has 0 saturated carbocycles. The topological polar surface area (TPSA) is 0 Å². The predicted octanol–water partition coefficient (Wildman–Crippen LogP) is 2.85. The molecule has 0 N–H and O–H groups in total. The number of hydrogen-bond donors (Lipinski definition) is 0. The van der Waals surface area contributed by atoms with Gasteiger partial charge in [-0.2, -0.15) is 0 Å². The van der Waals surface area contributed by atoms with E-state index in [1.54, 1.807) is 0 Å². The highest BCUT2D eigenvalue weighted by atomic mass is 14.1. The number of hydrogen-bond acceptors (Lipinski definition) is 0. The van der Waals surface area contributed by atoms with Gasteiger partial charge in [-0.15, -0.1) is 5.92 Å². The van der Waals surface area contributed by atoms with Crippen molar-refractivity contribution in [1.82, 2.24) is 0 Å². The third kappa shape index (κ3) is 1.65. The summed E-state index contributed by atoms with van der Waals surface area (Å²) >= 11 is 0. The molecule has 0 fully saturated rings. The highest BCUT2D eigenvalue weighted by molar-refractivity contribution is 5.62. The first-order valence-electron chi connectivity index (χ1n) is 4.45. The summed E-state index contributed by atoms with van der Waals surface area (Å²) < 4.78 is 0. The Morgan fingerprint density at radius 3 is 2.85 bits per heavy atom. The van der Waals surface area contributed by atoms with Crippen LogP contribution in [-0.2, 0) is 6.42 Å². The van der Waals surface area contributed by atoms with E-state index in [1.165, 1.54) is 17.0 Å². The van der Waals surface area contributed by atoms with Gasteiger partial charge in [0.25, 0.3) is 0 Å². The van der Waals surface area contributed by atoms with Crippen molar-refractivity contribution < 1.29 is 0 Å². The van der Waals surface area contributed by atoms with Crippen molar-refractivity contribution >= 4 is 6.08 Å². The molecular formula is C13H11. The van der Waals surface area contributed by atoms with Crippen molar-refractivity contribution in [3.63, 3.8) is 0 Å². The molecule has 0 bridgehead atoms. The van der Waals surface area contributed by atoms with Crippen LogP contribution >= 0.6 is 0 Å². The Morgan fingerprint density at radius 1 is 1.15 bits per heavy atom. The average Bonchev–Trinajstić information content (AvgIpc) is 2.18. The zero-order chi connectivity index (χ0) is 9.10. The molecule has 1 aromatic rings. The van der Waals surface area contributed by atoms with Crippen molar-refractivity contribution in [3.05, 3.63) is 47.4 Å². The summed E-state index contributed by atoms with van der Waals surface area (Å²) in [6.07, 6.45) is 5.23. The Balaban J connectivity index is 2.32. The molecule has 1 aromatic carbocycles. The first-order chi connectivity index (χ1) is 6.40. The Morgan fingerprint density at radius 2 is 2.00 bits per heavy atom. The molecule has 0 aliphatic heterocycles. The summed E-state index contributed by atoms with van der Waals surface area (Å²) in [7, 11) is 0. The van der Waals surface area contributed by atoms with Crippen LogP contribution < -0.4 is 0 Å². The van der Waals surface area contributed by atoms with Crippen molar-refractivity contribution in [2.45, 2.75) is 13.3 Å². The lowest BCUT2D eigenvalue weighted by Crippen LogP contribution is -2.02. The summed E-state index contributed by atoms with van der Waals surface area (Å²) in [5.41, 5.74) is 2.70. The van der Waals surface area contributed by atoms with Gasteiger partial charge in [0.1, 0.15) is 0 Å². The van der Waals surface area contributed by atoms with E-state index in [9.17, 15) is 0 Å². The molecule has 0 amide bonds. The van der Waals surface area contributed by atoms with Crippen molar-refractivity contribution in [3.8, 4) is 11.8 Å². The van der Waals surface area contributed by atoms with E-state index in [-0.39, 0.29) is 0 Å². The number of benzene rings is 1. The van der Waals surface area contributed by atoms with Crippen LogP contribution in [0.2, 0.25) is 0 Å². The summed E-state index contributed by atoms with van der Waals surface area (Å²) in [5.74, 6) is 7.24. The first-order valence-corrected chi connectivity index (χ1v) is 4.45. The SMILES string of the molecule is CC#C[C]1C=Cc2ccccc2C1. The lowest BCUT2D eigenvalue weighted by molar-refractivity contribution is 1.09. The predicted molar refractivity (Wildman–Crippen MR) is 55.9 cm³/mol. The van der Waals surface area contributed by atoms with Crippen LogP contribution in [0, 0.1) is 17.8 Å². The zero-order valence-electron chi connectivity index (χ0n) is 7.67. The van der Waals surface area contributed by atoms with Gasteiger partial charge < -0.3 is 0 Å². The van der Waals surface area contributed by atoms with Crippen LogP contribution in [0.1, 0.15) is 18.1 Å². The molecule has 0 unspecified atom stereocenters. The molecule has 0 spiro atoms. The fourth-order valence-corrected chi connectivity index (χ4v) is 1.56. The van der Waals surface area contributed by atoms with E-state index < -0.39 is 0 Å². The monoisotopic (exact) mass is 167 g/mol. The van der Waals surface area contributed by atoms with Crippen molar-refractivity contribution in [1.29, 1.82) is 0 Å². The molecule has 0 nitrogen and oxygen atoms in total. The molecule has 0 heteroatoms. The summed E-state index contributed by atoms with van der Waals surface area (Å²) in [4.78, 5) is 0. The van der Waals surface area contributed by atoms with Gasteiger partial charge in [-0.1, -0.05) is 42.3 Å². The third-order valence-electron chi connectivity index (χ3n) is 2.19. The van der Waals surface area contributed by atoms with Crippen LogP contribution in [0.15, 0.2) is 30.3 Å². The molecule has 0 saturated heterocycles. The first kappa shape index (κ1) is 8.13. The standard InChI is InChI=1S/C13H11/c1-2-5-11-8-9-12-6-3-4-7-13(12)10-11/h3-4,6-9H,10H2,1H3. The van der Waals surface area contributed by atoms with E-state index in [0.29, 0.717) is 0 Å². The molecule has 2 rings (SSSR count). The summed E-state index contributed by atoms with van der Waals surface area (Å²) in [6.45, 7) is 1.88. The van der Waals surface area contributed by atoms with Crippen LogP contribution in [-0.4, -0.2) is 0 Å². The number of rotatable bonds is 0. The Bertz CT molecular complexity index is 388. The zero-order valence-corrected chi connectivity index (χ0v) is 7.67. The molecule has 13 heavy (non-hydrogen) atoms. The maximum atomic E-state index is 3.11. The fraction of sp³-hybridized carbons (Fsp3) is 0.154. The van der Waals surface area contributed by atoms with Crippen LogP contribution in [0.4, 0.5) is 0 Å². The Labute approximate surface area is 79.3 Å². The lowest BCUT2D eigenvalue weighted by Gasteiger charge is -2.13. The van der Waals surface area contributed by atoms with Crippen LogP contribution in [0.25, 0.3) is 6.08 Å². The molecule has 0 aromatic heterocycles. The highest BCUT2D eigenvalue weighted by Crippen LogP contribution is 2.23. The van der Waals surface area contributed by atoms with Gasteiger partial charge in [-0.3, -0.25) is 0 Å². The third-order valence-corrected chi connectivity index (χ3v) is 2.19. The van der Waals surface area contributed by atoms with Crippen LogP contribution in [0.5, 0.6) is 0 Å². The maximum absolute atomic E-state index is 3.11. The average molecular weight is 167 g/mol. The van der Waals surface area contributed by atoms with Crippen LogP contribution in [0.3, 0.4) is 0 Å². The molecule has 1 aliphatic carbocycles. The van der Waals surface area contributed by atoms with Gasteiger partial charge in [-0.25, -0.2) is 0 Å². The van der Waals surface area contributed by atoms with Gasteiger partial charge in [0.05, 0.1) is 5.92 Å². The van der Waals surface area contributed by atoms with Gasteiger partial charge in [-0.05, 0) is 24.5 Å². The van der Waals surface area contributed by atoms with E-state index in [2.05, 4.69) is 48.3 Å². The van der Waals surface area contributed by atoms with E-state index in [1.807, 2.05) is 6.92 Å². The second-order valence-corrected chi connectivity index (χ2v) is 3.11. The second kappa shape index (κ2) is 3.49. The summed E-state index contributed by atoms with van der Waals surface area (Å²) in [5, 5.41) is 0. The number of fused-ring (bicyclic) bond motifs is 1. The van der Waals surface area contributed by atoms with Gasteiger partial charge >= 0.3 is 0 Å². The normalized spacial score (nSPS) is 14.5. The fourth-order valence-electron chi connectivity index (χ4n) is 1.56. The number of allylic oxidation sites excluding steroid dienone is 1. The lowest BCUT2D eigenvalue weighted by atomic mass is 9.90. The molecule has 0 atom stereocenters. The van der Waals surface area contributed by atoms with E-state index in [0.717, 1.165) is 6.42 Å². The minimum atomic E-state index is 0.980. The molecule has 1 aliphatic rings. The van der Waals surface area contributed by atoms with Gasteiger partial charge in [0.15, 0.2) is 0 Å². The van der Waals surface area contributed by atoms with E-state index in [4.69, 9.17) is 0 Å². The molecule has 63 valence electrons. The smallest absolute Gasteiger partial charge is 0.0741 e. The van der Waals surface area contributed by atoms with Gasteiger partial charge in [0, 0.05) is 0 Å². The Hall–Kier alpha value is -1.48. The summed E-state index contributed by atoms with van der Waals surface area (Å²) in [6, 6.07) is 8.45. The Kier molecular flexibility index (Phi) is 2.19.